The van der Waals surface area contributed by atoms with Crippen LogP contribution in [0.2, 0.25) is 0 Å². The van der Waals surface area contributed by atoms with Gasteiger partial charge in [0.2, 0.25) is 0 Å². The number of aliphatic imine (C=N–C) groups is 1. The summed E-state index contributed by atoms with van der Waals surface area (Å²) in [6, 6.07) is 10.1. The minimum absolute atomic E-state index is 0.352. The Morgan fingerprint density at radius 1 is 1.18 bits per heavy atom. The lowest BCUT2D eigenvalue weighted by Gasteiger charge is -2.33. The van der Waals surface area contributed by atoms with E-state index in [0.29, 0.717) is 29.1 Å². The number of H-pyrrole nitrogens is 1. The Kier molecular flexibility index (Phi) is 6.32. The fourth-order valence-corrected chi connectivity index (χ4v) is 4.63. The quantitative estimate of drug-likeness (QED) is 0.377. The van der Waals surface area contributed by atoms with E-state index in [1.165, 1.54) is 17.6 Å². The van der Waals surface area contributed by atoms with Crippen molar-refractivity contribution < 1.29 is 4.74 Å². The summed E-state index contributed by atoms with van der Waals surface area (Å²) in [6.07, 6.45) is 5.34. The number of ether oxygens (including phenoxy) is 1. The first kappa shape index (κ1) is 21.5. The Morgan fingerprint density at radius 3 is 2.76 bits per heavy atom. The van der Waals surface area contributed by atoms with Crippen LogP contribution in [-0.2, 0) is 6.54 Å². The van der Waals surface area contributed by atoms with Crippen molar-refractivity contribution in [2.45, 2.75) is 31.2 Å². The van der Waals surface area contributed by atoms with Gasteiger partial charge < -0.3 is 15.8 Å². The molecule has 2 aromatic heterocycles. The molecule has 9 nitrogen and oxygen atoms in total. The van der Waals surface area contributed by atoms with Gasteiger partial charge in [-0.1, -0.05) is 12.1 Å². The van der Waals surface area contributed by atoms with Crippen molar-refractivity contribution in [3.8, 4) is 17.1 Å². The Morgan fingerprint density at radius 2 is 2.03 bits per heavy atom. The van der Waals surface area contributed by atoms with Crippen molar-refractivity contribution in [3.63, 3.8) is 0 Å². The highest BCUT2D eigenvalue weighted by atomic mass is 16.5. The number of nitrogens with one attached hydrogen (secondary N) is 2. The van der Waals surface area contributed by atoms with Crippen LogP contribution in [-0.4, -0.2) is 64.7 Å². The summed E-state index contributed by atoms with van der Waals surface area (Å²) in [5.41, 5.74) is 9.40. The molecule has 172 valence electrons. The number of methoxy groups -OCH3 is 1. The Labute approximate surface area is 193 Å². The molecule has 4 N–H and O–H groups in total. The van der Waals surface area contributed by atoms with E-state index in [1.54, 1.807) is 7.11 Å². The van der Waals surface area contributed by atoms with E-state index in [1.807, 2.05) is 24.4 Å². The van der Waals surface area contributed by atoms with Crippen LogP contribution in [0.3, 0.4) is 0 Å². The van der Waals surface area contributed by atoms with Crippen LogP contribution in [0.25, 0.3) is 11.4 Å². The van der Waals surface area contributed by atoms with E-state index >= 15 is 0 Å². The summed E-state index contributed by atoms with van der Waals surface area (Å²) in [5.74, 6) is 2.96. The van der Waals surface area contributed by atoms with Gasteiger partial charge in [0.05, 0.1) is 19.0 Å². The minimum atomic E-state index is 0.352. The van der Waals surface area contributed by atoms with E-state index < -0.39 is 0 Å². The van der Waals surface area contributed by atoms with E-state index in [0.717, 1.165) is 57.0 Å². The fourth-order valence-electron chi connectivity index (χ4n) is 4.63. The number of pyridine rings is 1. The van der Waals surface area contributed by atoms with Gasteiger partial charge in [0.1, 0.15) is 17.3 Å². The maximum Gasteiger partial charge on any atom is 0.183 e. The number of para-hydroxylation sites is 1. The van der Waals surface area contributed by atoms with Crippen LogP contribution in [0, 0.1) is 0 Å². The molecule has 0 unspecified atom stereocenters. The molecule has 0 atom stereocenters. The Hall–Kier alpha value is -3.30. The SMILES string of the molecule is COc1cccc(-c2n[nH]c(C3CC(c4ccc(CN5CCNCC5)cn4)C3)n2)c1N=CN. The summed E-state index contributed by atoms with van der Waals surface area (Å²) in [5, 5.41) is 11.0. The number of rotatable bonds is 7. The van der Waals surface area contributed by atoms with E-state index in [2.05, 4.69) is 37.5 Å². The highest BCUT2D eigenvalue weighted by molar-refractivity contribution is 5.79. The van der Waals surface area contributed by atoms with Crippen molar-refractivity contribution in [2.75, 3.05) is 33.3 Å². The van der Waals surface area contributed by atoms with Crippen molar-refractivity contribution in [3.05, 3.63) is 53.6 Å². The number of benzene rings is 1. The van der Waals surface area contributed by atoms with Crippen molar-refractivity contribution >= 4 is 12.0 Å². The zero-order valence-corrected chi connectivity index (χ0v) is 18.9. The minimum Gasteiger partial charge on any atom is -0.494 e. The molecule has 3 heterocycles. The van der Waals surface area contributed by atoms with E-state index in [4.69, 9.17) is 20.4 Å². The molecule has 0 amide bonds. The third-order valence-corrected chi connectivity index (χ3v) is 6.57. The summed E-state index contributed by atoms with van der Waals surface area (Å²) in [4.78, 5) is 16.3. The largest absolute Gasteiger partial charge is 0.494 e. The third kappa shape index (κ3) is 4.60. The molecule has 3 aromatic rings. The molecule has 2 aliphatic rings. The van der Waals surface area contributed by atoms with Crippen LogP contribution in [0.15, 0.2) is 41.5 Å². The molecule has 1 aromatic carbocycles. The van der Waals surface area contributed by atoms with Gasteiger partial charge in [-0.05, 0) is 36.6 Å². The lowest BCUT2D eigenvalue weighted by atomic mass is 9.72. The normalized spacial score (nSPS) is 21.2. The van der Waals surface area contributed by atoms with Crippen molar-refractivity contribution in [1.82, 2.24) is 30.4 Å². The smallest absolute Gasteiger partial charge is 0.183 e. The zero-order valence-electron chi connectivity index (χ0n) is 18.9. The van der Waals surface area contributed by atoms with Crippen LogP contribution >= 0.6 is 0 Å². The van der Waals surface area contributed by atoms with Gasteiger partial charge in [-0.3, -0.25) is 15.0 Å². The van der Waals surface area contributed by atoms with Crippen LogP contribution in [0.5, 0.6) is 5.75 Å². The van der Waals surface area contributed by atoms with Gasteiger partial charge in [0.15, 0.2) is 5.82 Å². The van der Waals surface area contributed by atoms with Gasteiger partial charge >= 0.3 is 0 Å². The standard InChI is InChI=1S/C24H30N8O/c1-33-21-4-2-3-19(22(21)28-15-25)24-29-23(30-31-24)18-11-17(12-18)20-6-5-16(13-27-20)14-32-9-7-26-8-10-32/h2-6,13,15,17-18,26H,7-12,14H2,1H3,(H2,25,28)(H,29,30,31). The number of nitrogens with two attached hydrogens (primary N) is 1. The zero-order chi connectivity index (χ0) is 22.6. The molecule has 0 spiro atoms. The van der Waals surface area contributed by atoms with Crippen LogP contribution in [0.1, 0.15) is 41.8 Å². The first-order chi connectivity index (χ1) is 16.2. The average Bonchev–Trinajstić information content (AvgIpc) is 3.30. The molecule has 33 heavy (non-hydrogen) atoms. The highest BCUT2D eigenvalue weighted by Crippen LogP contribution is 2.46. The van der Waals surface area contributed by atoms with E-state index in [9.17, 15) is 0 Å². The summed E-state index contributed by atoms with van der Waals surface area (Å²) >= 11 is 0. The molecular formula is C24H30N8O. The molecule has 1 saturated heterocycles. The van der Waals surface area contributed by atoms with Gasteiger partial charge in [-0.25, -0.2) is 9.98 Å². The Balaban J connectivity index is 1.22. The molecule has 1 aliphatic heterocycles. The number of hydrogen-bond donors (Lipinski definition) is 3. The first-order valence-electron chi connectivity index (χ1n) is 11.5. The van der Waals surface area contributed by atoms with Crippen molar-refractivity contribution in [1.29, 1.82) is 0 Å². The van der Waals surface area contributed by atoms with Gasteiger partial charge in [-0.15, -0.1) is 0 Å². The molecule has 1 saturated carbocycles. The molecular weight excluding hydrogens is 416 g/mol. The summed E-state index contributed by atoms with van der Waals surface area (Å²) in [7, 11) is 1.61. The molecule has 2 fully saturated rings. The number of hydrogen-bond acceptors (Lipinski definition) is 7. The highest BCUT2D eigenvalue weighted by Gasteiger charge is 2.34. The lowest BCUT2D eigenvalue weighted by molar-refractivity contribution is 0.233. The molecule has 1 aliphatic carbocycles. The Bertz CT molecular complexity index is 1100. The molecule has 5 rings (SSSR count). The second-order valence-electron chi connectivity index (χ2n) is 8.66. The second-order valence-corrected chi connectivity index (χ2v) is 8.66. The maximum absolute atomic E-state index is 5.54. The molecule has 0 radical (unpaired) electrons. The molecule has 9 heteroatoms. The predicted molar refractivity (Wildman–Crippen MR) is 128 cm³/mol. The van der Waals surface area contributed by atoms with E-state index in [-0.39, 0.29) is 0 Å². The molecule has 0 bridgehead atoms. The monoisotopic (exact) mass is 446 g/mol. The van der Waals surface area contributed by atoms with Gasteiger partial charge in [0.25, 0.3) is 0 Å². The summed E-state index contributed by atoms with van der Waals surface area (Å²) < 4.78 is 5.41. The van der Waals surface area contributed by atoms with Crippen LogP contribution in [0.4, 0.5) is 5.69 Å². The number of nitrogens with zero attached hydrogens (tertiary/aromatic N) is 5. The average molecular weight is 447 g/mol. The van der Waals surface area contributed by atoms with Gasteiger partial charge in [0, 0.05) is 56.5 Å². The number of aromatic nitrogens is 4. The predicted octanol–water partition coefficient (Wildman–Crippen LogP) is 2.56. The van der Waals surface area contributed by atoms with Crippen molar-refractivity contribution in [2.24, 2.45) is 10.7 Å². The van der Waals surface area contributed by atoms with Crippen LogP contribution < -0.4 is 15.8 Å². The van der Waals surface area contributed by atoms with Gasteiger partial charge in [-0.2, -0.15) is 5.10 Å². The third-order valence-electron chi connectivity index (χ3n) is 6.57. The number of aromatic amines is 1. The number of piperazine rings is 1. The summed E-state index contributed by atoms with van der Waals surface area (Å²) in [6.45, 7) is 5.31. The topological polar surface area (TPSA) is 117 Å². The first-order valence-corrected chi connectivity index (χ1v) is 11.5. The second kappa shape index (κ2) is 9.68. The maximum atomic E-state index is 5.54. The fraction of sp³-hybridized carbons (Fsp3) is 0.417. The lowest BCUT2D eigenvalue weighted by Crippen LogP contribution is -2.42.